The van der Waals surface area contributed by atoms with Gasteiger partial charge in [0.15, 0.2) is 5.13 Å². The van der Waals surface area contributed by atoms with Crippen molar-refractivity contribution in [2.45, 2.75) is 0 Å². The van der Waals surface area contributed by atoms with Crippen molar-refractivity contribution in [2.75, 3.05) is 26.2 Å². The van der Waals surface area contributed by atoms with Crippen LogP contribution in [0.5, 0.6) is 11.5 Å². The van der Waals surface area contributed by atoms with Crippen molar-refractivity contribution >= 4 is 22.4 Å². The number of anilines is 1. The summed E-state index contributed by atoms with van der Waals surface area (Å²) >= 11 is 1.41. The third-order valence-corrected chi connectivity index (χ3v) is 4.70. The van der Waals surface area contributed by atoms with Crippen LogP contribution in [-0.2, 0) is 0 Å². The molecule has 128 valence electrons. The molecule has 0 fully saturated rings. The van der Waals surface area contributed by atoms with Gasteiger partial charge in [-0.15, -0.1) is 11.3 Å². The summed E-state index contributed by atoms with van der Waals surface area (Å²) in [6, 6.07) is 14.7. The summed E-state index contributed by atoms with van der Waals surface area (Å²) < 4.78 is 10.7. The van der Waals surface area contributed by atoms with E-state index in [9.17, 15) is 4.79 Å². The van der Waals surface area contributed by atoms with E-state index in [1.807, 2.05) is 41.8 Å². The fourth-order valence-corrected chi connectivity index (χ4v) is 3.21. The lowest BCUT2D eigenvalue weighted by Gasteiger charge is -2.13. The fraction of sp³-hybridized carbons (Fsp3) is 0.158. The molecule has 5 nitrogen and oxygen atoms in total. The second kappa shape index (κ2) is 7.36. The molecule has 3 rings (SSSR count). The van der Waals surface area contributed by atoms with Crippen molar-refractivity contribution in [2.24, 2.45) is 0 Å². The molecule has 0 spiro atoms. The molecule has 0 saturated heterocycles. The minimum atomic E-state index is -0.0980. The smallest absolute Gasteiger partial charge is 0.259 e. The van der Waals surface area contributed by atoms with Gasteiger partial charge in [0.1, 0.15) is 11.5 Å². The molecule has 1 aromatic heterocycles. The number of carbonyl (C=O) groups excluding carboxylic acids is 1. The maximum Gasteiger partial charge on any atom is 0.259 e. The van der Waals surface area contributed by atoms with Crippen molar-refractivity contribution in [1.82, 2.24) is 4.98 Å². The van der Waals surface area contributed by atoms with Gasteiger partial charge in [0.05, 0.1) is 19.9 Å². The van der Waals surface area contributed by atoms with Gasteiger partial charge >= 0.3 is 0 Å². The summed E-state index contributed by atoms with van der Waals surface area (Å²) in [7, 11) is 4.95. The van der Waals surface area contributed by atoms with Gasteiger partial charge in [0, 0.05) is 23.6 Å². The highest BCUT2D eigenvalue weighted by Gasteiger charge is 2.18. The van der Waals surface area contributed by atoms with E-state index in [4.69, 9.17) is 9.47 Å². The molecule has 0 atom stereocenters. The van der Waals surface area contributed by atoms with Crippen molar-refractivity contribution in [1.29, 1.82) is 0 Å². The Hall–Kier alpha value is -2.86. The number of carbonyl (C=O) groups is 1. The second-order valence-corrected chi connectivity index (χ2v) is 6.15. The van der Waals surface area contributed by atoms with Gasteiger partial charge in [0.25, 0.3) is 5.91 Å². The van der Waals surface area contributed by atoms with Gasteiger partial charge < -0.3 is 9.47 Å². The molecule has 0 aliphatic carbocycles. The normalized spacial score (nSPS) is 10.4. The number of thiazole rings is 1. The van der Waals surface area contributed by atoms with Gasteiger partial charge in [-0.2, -0.15) is 0 Å². The zero-order valence-corrected chi connectivity index (χ0v) is 15.0. The largest absolute Gasteiger partial charge is 0.497 e. The summed E-state index contributed by atoms with van der Waals surface area (Å²) in [4.78, 5) is 18.7. The third kappa shape index (κ3) is 3.49. The summed E-state index contributed by atoms with van der Waals surface area (Å²) in [5.41, 5.74) is 2.19. The Morgan fingerprint density at radius 1 is 1.08 bits per heavy atom. The van der Waals surface area contributed by atoms with Crippen LogP contribution >= 0.6 is 11.3 Å². The molecule has 0 aliphatic rings. The topological polar surface area (TPSA) is 51.7 Å². The Morgan fingerprint density at radius 2 is 1.84 bits per heavy atom. The average molecular weight is 354 g/mol. The zero-order chi connectivity index (χ0) is 17.8. The molecule has 25 heavy (non-hydrogen) atoms. The standard InChI is InChI=1S/C19H18N2O3S/c1-21(18(22)13-7-5-4-6-8-13)19-20-16(12-25-19)15-11-14(23-2)9-10-17(15)24-3/h4-12H,1-3H3. The minimum Gasteiger partial charge on any atom is -0.497 e. The lowest BCUT2D eigenvalue weighted by molar-refractivity contribution is 0.0993. The number of ether oxygens (including phenoxy) is 2. The quantitative estimate of drug-likeness (QED) is 0.692. The van der Waals surface area contributed by atoms with E-state index in [0.29, 0.717) is 16.4 Å². The number of amides is 1. The van der Waals surface area contributed by atoms with E-state index in [1.54, 1.807) is 38.3 Å². The fourth-order valence-electron chi connectivity index (χ4n) is 2.42. The van der Waals surface area contributed by atoms with E-state index in [0.717, 1.165) is 17.0 Å². The van der Waals surface area contributed by atoms with E-state index < -0.39 is 0 Å². The van der Waals surface area contributed by atoms with Crippen molar-refractivity contribution in [3.63, 3.8) is 0 Å². The van der Waals surface area contributed by atoms with Gasteiger partial charge in [0.2, 0.25) is 0 Å². The van der Waals surface area contributed by atoms with Crippen LogP contribution in [0.3, 0.4) is 0 Å². The molecule has 0 saturated carbocycles. The summed E-state index contributed by atoms with van der Waals surface area (Å²) in [6.45, 7) is 0. The van der Waals surface area contributed by atoms with Gasteiger partial charge in [-0.25, -0.2) is 4.98 Å². The monoisotopic (exact) mass is 354 g/mol. The predicted molar refractivity (Wildman–Crippen MR) is 99.8 cm³/mol. The SMILES string of the molecule is COc1ccc(OC)c(-c2csc(N(C)C(=O)c3ccccc3)n2)c1. The number of methoxy groups -OCH3 is 2. The van der Waals surface area contributed by atoms with E-state index in [1.165, 1.54) is 11.3 Å². The summed E-state index contributed by atoms with van der Waals surface area (Å²) in [6.07, 6.45) is 0. The van der Waals surface area contributed by atoms with Crippen LogP contribution in [0.1, 0.15) is 10.4 Å². The Morgan fingerprint density at radius 3 is 2.52 bits per heavy atom. The minimum absolute atomic E-state index is 0.0980. The average Bonchev–Trinajstić information content (AvgIpc) is 3.17. The molecular weight excluding hydrogens is 336 g/mol. The Bertz CT molecular complexity index is 877. The molecule has 1 amide bonds. The molecule has 6 heteroatoms. The Labute approximate surface area is 150 Å². The molecular formula is C19H18N2O3S. The molecule has 0 bridgehead atoms. The predicted octanol–water partition coefficient (Wildman–Crippen LogP) is 4.10. The number of nitrogens with zero attached hydrogens (tertiary/aromatic N) is 2. The maximum atomic E-state index is 12.6. The van der Waals surface area contributed by atoms with Crippen LogP contribution in [0.2, 0.25) is 0 Å². The molecule has 0 N–H and O–H groups in total. The van der Waals surface area contributed by atoms with E-state index in [2.05, 4.69) is 4.98 Å². The number of hydrogen-bond acceptors (Lipinski definition) is 5. The van der Waals surface area contributed by atoms with Crippen LogP contribution < -0.4 is 14.4 Å². The first-order valence-electron chi connectivity index (χ1n) is 7.65. The third-order valence-electron chi connectivity index (χ3n) is 3.79. The molecule has 0 radical (unpaired) electrons. The maximum absolute atomic E-state index is 12.6. The van der Waals surface area contributed by atoms with Crippen LogP contribution in [0, 0.1) is 0 Å². The molecule has 1 heterocycles. The first kappa shape index (κ1) is 17.0. The van der Waals surface area contributed by atoms with Crippen LogP contribution in [-0.4, -0.2) is 32.2 Å². The van der Waals surface area contributed by atoms with Crippen LogP contribution in [0.15, 0.2) is 53.9 Å². The Kier molecular flexibility index (Phi) is 5.00. The van der Waals surface area contributed by atoms with Gasteiger partial charge in [-0.3, -0.25) is 9.69 Å². The van der Waals surface area contributed by atoms with Crippen LogP contribution in [0.25, 0.3) is 11.3 Å². The van der Waals surface area contributed by atoms with E-state index >= 15 is 0 Å². The highest BCUT2D eigenvalue weighted by atomic mass is 32.1. The lowest BCUT2D eigenvalue weighted by atomic mass is 10.1. The van der Waals surface area contributed by atoms with E-state index in [-0.39, 0.29) is 5.91 Å². The van der Waals surface area contributed by atoms with Crippen molar-refractivity contribution < 1.29 is 14.3 Å². The first-order chi connectivity index (χ1) is 12.1. The number of benzene rings is 2. The van der Waals surface area contributed by atoms with Crippen molar-refractivity contribution in [3.8, 4) is 22.8 Å². The second-order valence-electron chi connectivity index (χ2n) is 5.31. The lowest BCUT2D eigenvalue weighted by Crippen LogP contribution is -2.25. The molecule has 3 aromatic rings. The molecule has 2 aromatic carbocycles. The molecule has 0 aliphatic heterocycles. The Balaban J connectivity index is 1.91. The summed E-state index contributed by atoms with van der Waals surface area (Å²) in [5.74, 6) is 1.33. The highest BCUT2D eigenvalue weighted by molar-refractivity contribution is 7.14. The van der Waals surface area contributed by atoms with Gasteiger partial charge in [-0.1, -0.05) is 18.2 Å². The highest BCUT2D eigenvalue weighted by Crippen LogP contribution is 2.35. The van der Waals surface area contributed by atoms with Gasteiger partial charge in [-0.05, 0) is 30.3 Å². The first-order valence-corrected chi connectivity index (χ1v) is 8.53. The van der Waals surface area contributed by atoms with Crippen molar-refractivity contribution in [3.05, 3.63) is 59.5 Å². The molecule has 0 unspecified atom stereocenters. The number of hydrogen-bond donors (Lipinski definition) is 0. The number of rotatable bonds is 5. The summed E-state index contributed by atoms with van der Waals surface area (Å²) in [5, 5.41) is 2.52. The zero-order valence-electron chi connectivity index (χ0n) is 14.2. The van der Waals surface area contributed by atoms with Crippen LogP contribution in [0.4, 0.5) is 5.13 Å². The number of aromatic nitrogens is 1.